The van der Waals surface area contributed by atoms with E-state index in [1.165, 1.54) is 15.9 Å². The van der Waals surface area contributed by atoms with Gasteiger partial charge in [0.25, 0.3) is 5.91 Å². The highest BCUT2D eigenvalue weighted by molar-refractivity contribution is 7.95. The molecule has 0 bridgehead atoms. The highest BCUT2D eigenvalue weighted by Crippen LogP contribution is 2.55. The van der Waals surface area contributed by atoms with Crippen LogP contribution in [0.3, 0.4) is 0 Å². The minimum atomic E-state index is -1.90. The largest absolute Gasteiger partial charge is 1.00 e. The quantitative estimate of drug-likeness (QED) is 0.114. The number of carbonyl (C=O) groups excluding carboxylic acids is 1. The molecule has 0 unspecified atom stereocenters. The summed E-state index contributed by atoms with van der Waals surface area (Å²) in [6.45, 7) is 0.575. The lowest BCUT2D eigenvalue weighted by atomic mass is 10.2. The van der Waals surface area contributed by atoms with Gasteiger partial charge in [0.15, 0.2) is 0 Å². The van der Waals surface area contributed by atoms with Gasteiger partial charge < -0.3 is 22.3 Å². The summed E-state index contributed by atoms with van der Waals surface area (Å²) in [6.07, 6.45) is 1.79. The molecule has 1 amide bonds. The lowest BCUT2D eigenvalue weighted by Crippen LogP contribution is -3.00. The Morgan fingerprint density at radius 1 is 0.743 bits per heavy atom. The Labute approximate surface area is 217 Å². The van der Waals surface area contributed by atoms with Gasteiger partial charge in [-0.1, -0.05) is 71.8 Å². The van der Waals surface area contributed by atoms with Crippen molar-refractivity contribution in [3.63, 3.8) is 0 Å². The van der Waals surface area contributed by atoms with E-state index >= 15 is 0 Å². The topological polar surface area (TPSA) is 77.9 Å². The first-order valence-electron chi connectivity index (χ1n) is 11.2. The standard InChI is InChI=1S/C28H25N4OP.BrH/c29-32-31-24-19-17-23(18-20-24)28(33)30-21-10-22-34(25-11-4-1-5-12-25,26-13-6-2-7-14-26)27-15-8-3-9-16-27;/h1-9,11-20H,10,21-22H2;1H. The van der Waals surface area contributed by atoms with Crippen LogP contribution < -0.4 is 38.2 Å². The molecule has 0 radical (unpaired) electrons. The van der Waals surface area contributed by atoms with E-state index in [1.54, 1.807) is 24.3 Å². The van der Waals surface area contributed by atoms with Crippen LogP contribution in [0.15, 0.2) is 120 Å². The van der Waals surface area contributed by atoms with Gasteiger partial charge in [-0.3, -0.25) is 4.79 Å². The highest BCUT2D eigenvalue weighted by atomic mass is 79.9. The van der Waals surface area contributed by atoms with Gasteiger partial charge in [-0.2, -0.15) is 0 Å². The molecule has 4 rings (SSSR count). The number of hydrogen-bond donors (Lipinski definition) is 1. The van der Waals surface area contributed by atoms with Gasteiger partial charge in [-0.05, 0) is 60.5 Å². The fraction of sp³-hybridized carbons (Fsp3) is 0.107. The molecule has 35 heavy (non-hydrogen) atoms. The smallest absolute Gasteiger partial charge is 0.251 e. The Morgan fingerprint density at radius 2 is 1.20 bits per heavy atom. The fourth-order valence-electron chi connectivity index (χ4n) is 4.23. The number of benzene rings is 4. The summed E-state index contributed by atoms with van der Waals surface area (Å²) in [7, 11) is -1.90. The maximum atomic E-state index is 12.6. The average Bonchev–Trinajstić information content (AvgIpc) is 2.91. The number of amides is 1. The van der Waals surface area contributed by atoms with Crippen molar-refractivity contribution in [3.05, 3.63) is 131 Å². The molecule has 0 atom stereocenters. The van der Waals surface area contributed by atoms with Crippen LogP contribution in [0.5, 0.6) is 0 Å². The average molecular weight is 545 g/mol. The molecule has 0 aromatic heterocycles. The molecular weight excluding hydrogens is 519 g/mol. The van der Waals surface area contributed by atoms with Gasteiger partial charge in [-0.25, -0.2) is 0 Å². The van der Waals surface area contributed by atoms with Crippen LogP contribution in [0.4, 0.5) is 5.69 Å². The van der Waals surface area contributed by atoms with E-state index < -0.39 is 7.26 Å². The molecule has 0 saturated heterocycles. The minimum absolute atomic E-state index is 0. The van der Waals surface area contributed by atoms with E-state index in [2.05, 4.69) is 106 Å². The Bertz CT molecular complexity index is 1170. The molecule has 5 nitrogen and oxygen atoms in total. The normalized spacial score (nSPS) is 10.5. The van der Waals surface area contributed by atoms with Crippen molar-refractivity contribution in [1.82, 2.24) is 5.32 Å². The van der Waals surface area contributed by atoms with Crippen molar-refractivity contribution < 1.29 is 21.8 Å². The molecule has 0 aliphatic carbocycles. The van der Waals surface area contributed by atoms with Crippen molar-refractivity contribution in [3.8, 4) is 0 Å². The predicted octanol–water partition coefficient (Wildman–Crippen LogP) is 2.75. The first kappa shape index (κ1) is 26.2. The third kappa shape index (κ3) is 6.17. The van der Waals surface area contributed by atoms with Crippen molar-refractivity contribution >= 4 is 34.8 Å². The molecule has 0 saturated carbocycles. The summed E-state index contributed by atoms with van der Waals surface area (Å²) in [5.41, 5.74) is 9.57. The van der Waals surface area contributed by atoms with Crippen LogP contribution in [0, 0.1) is 0 Å². The summed E-state index contributed by atoms with van der Waals surface area (Å²) in [5, 5.41) is 10.6. The predicted molar refractivity (Wildman–Crippen MR) is 142 cm³/mol. The lowest BCUT2D eigenvalue weighted by molar-refractivity contribution is -0.0000150. The molecule has 0 spiro atoms. The van der Waals surface area contributed by atoms with E-state index in [0.717, 1.165) is 12.6 Å². The Balaban J connectivity index is 0.00000342. The number of azide groups is 1. The Morgan fingerprint density at radius 3 is 1.63 bits per heavy atom. The van der Waals surface area contributed by atoms with Crippen molar-refractivity contribution in [2.75, 3.05) is 12.7 Å². The molecule has 0 fully saturated rings. The van der Waals surface area contributed by atoms with E-state index in [9.17, 15) is 4.79 Å². The Hall–Kier alpha value is -3.43. The second-order valence-corrected chi connectivity index (χ2v) is 11.5. The van der Waals surface area contributed by atoms with E-state index in [4.69, 9.17) is 5.53 Å². The van der Waals surface area contributed by atoms with Crippen LogP contribution >= 0.6 is 7.26 Å². The minimum Gasteiger partial charge on any atom is -1.00 e. The molecule has 176 valence electrons. The molecule has 7 heteroatoms. The molecule has 0 heterocycles. The van der Waals surface area contributed by atoms with Gasteiger partial charge in [0.1, 0.15) is 23.2 Å². The monoisotopic (exact) mass is 544 g/mol. The third-order valence-corrected chi connectivity index (χ3v) is 10.4. The lowest BCUT2D eigenvalue weighted by Gasteiger charge is -2.27. The number of rotatable bonds is 9. The number of halogens is 1. The van der Waals surface area contributed by atoms with Gasteiger partial charge in [0.2, 0.25) is 0 Å². The van der Waals surface area contributed by atoms with Gasteiger partial charge in [0, 0.05) is 22.7 Å². The van der Waals surface area contributed by atoms with E-state index in [0.29, 0.717) is 17.8 Å². The van der Waals surface area contributed by atoms with Gasteiger partial charge in [0.05, 0.1) is 6.16 Å². The number of nitrogens with zero attached hydrogens (tertiary/aromatic N) is 3. The SMILES string of the molecule is [Br-].[N-]=[N+]=Nc1ccc(C(=O)NCCC[P+](c2ccccc2)(c2ccccc2)c2ccccc2)cc1. The van der Waals surface area contributed by atoms with E-state index in [1.807, 2.05) is 0 Å². The zero-order chi connectivity index (χ0) is 23.6. The Kier molecular flexibility index (Phi) is 9.63. The van der Waals surface area contributed by atoms with Crippen molar-refractivity contribution in [2.45, 2.75) is 6.42 Å². The van der Waals surface area contributed by atoms with Crippen molar-refractivity contribution in [2.24, 2.45) is 5.11 Å². The number of nitrogens with one attached hydrogen (secondary N) is 1. The summed E-state index contributed by atoms with van der Waals surface area (Å²) in [6, 6.07) is 38.9. The molecule has 4 aromatic rings. The molecule has 0 aliphatic rings. The van der Waals surface area contributed by atoms with Crippen LogP contribution in [0.2, 0.25) is 0 Å². The second-order valence-electron chi connectivity index (χ2n) is 7.89. The summed E-state index contributed by atoms with van der Waals surface area (Å²) in [5.74, 6) is -0.129. The summed E-state index contributed by atoms with van der Waals surface area (Å²) < 4.78 is 0. The molecule has 4 aromatic carbocycles. The number of hydrogen-bond acceptors (Lipinski definition) is 2. The van der Waals surface area contributed by atoms with Crippen LogP contribution in [-0.2, 0) is 0 Å². The van der Waals surface area contributed by atoms with Crippen LogP contribution in [-0.4, -0.2) is 18.6 Å². The molecule has 1 N–H and O–H groups in total. The molecular formula is C28H26BrN4OP. The highest BCUT2D eigenvalue weighted by Gasteiger charge is 2.44. The molecule has 0 aliphatic heterocycles. The zero-order valence-electron chi connectivity index (χ0n) is 19.2. The maximum Gasteiger partial charge on any atom is 0.251 e. The van der Waals surface area contributed by atoms with E-state index in [-0.39, 0.29) is 22.9 Å². The maximum absolute atomic E-state index is 12.6. The first-order valence-corrected chi connectivity index (χ1v) is 13.2. The number of carbonyl (C=O) groups is 1. The van der Waals surface area contributed by atoms with Gasteiger partial charge in [-0.15, -0.1) is 0 Å². The first-order chi connectivity index (χ1) is 16.7. The van der Waals surface area contributed by atoms with Crippen LogP contribution in [0.25, 0.3) is 10.4 Å². The second kappa shape index (κ2) is 12.9. The zero-order valence-corrected chi connectivity index (χ0v) is 21.6. The van der Waals surface area contributed by atoms with Crippen molar-refractivity contribution in [1.29, 1.82) is 0 Å². The van der Waals surface area contributed by atoms with Gasteiger partial charge >= 0.3 is 0 Å². The third-order valence-electron chi connectivity index (χ3n) is 5.84. The summed E-state index contributed by atoms with van der Waals surface area (Å²) >= 11 is 0. The summed E-state index contributed by atoms with van der Waals surface area (Å²) in [4.78, 5) is 15.4. The van der Waals surface area contributed by atoms with Crippen LogP contribution in [0.1, 0.15) is 16.8 Å². The fourth-order valence-corrected chi connectivity index (χ4v) is 8.58.